The summed E-state index contributed by atoms with van der Waals surface area (Å²) in [5, 5.41) is 7.09. The van der Waals surface area contributed by atoms with Crippen molar-refractivity contribution in [2.45, 2.75) is 38.8 Å². The summed E-state index contributed by atoms with van der Waals surface area (Å²) in [7, 11) is 0. The van der Waals surface area contributed by atoms with Gasteiger partial charge in [-0.1, -0.05) is 12.1 Å². The molecule has 1 aromatic rings. The van der Waals surface area contributed by atoms with E-state index in [2.05, 4.69) is 47.6 Å². The normalized spacial score (nSPS) is 23.7. The summed E-state index contributed by atoms with van der Waals surface area (Å²) in [4.78, 5) is 2.54. The van der Waals surface area contributed by atoms with Gasteiger partial charge in [-0.25, -0.2) is 0 Å². The highest BCUT2D eigenvalue weighted by molar-refractivity contribution is 5.56. The van der Waals surface area contributed by atoms with Crippen LogP contribution in [0.2, 0.25) is 0 Å². The molecule has 2 aliphatic heterocycles. The van der Waals surface area contributed by atoms with Gasteiger partial charge in [0.05, 0.1) is 12.7 Å². The zero-order chi connectivity index (χ0) is 15.4. The highest BCUT2D eigenvalue weighted by Crippen LogP contribution is 2.25. The predicted molar refractivity (Wildman–Crippen MR) is 91.8 cm³/mol. The molecule has 0 radical (unpaired) electrons. The second-order valence-electron chi connectivity index (χ2n) is 6.59. The summed E-state index contributed by atoms with van der Waals surface area (Å²) in [6.07, 6.45) is 2.77. The van der Waals surface area contributed by atoms with E-state index < -0.39 is 0 Å². The maximum atomic E-state index is 5.75. The molecule has 2 saturated heterocycles. The van der Waals surface area contributed by atoms with Gasteiger partial charge in [0.15, 0.2) is 0 Å². The van der Waals surface area contributed by atoms with Crippen LogP contribution in [-0.4, -0.2) is 51.5 Å². The lowest BCUT2D eigenvalue weighted by Gasteiger charge is -2.36. The van der Waals surface area contributed by atoms with Crippen LogP contribution >= 0.6 is 0 Å². The Labute approximate surface area is 134 Å². The third-order valence-electron chi connectivity index (χ3n) is 5.05. The van der Waals surface area contributed by atoms with Gasteiger partial charge in [0, 0.05) is 44.5 Å². The maximum absolute atomic E-state index is 5.75. The van der Waals surface area contributed by atoms with Crippen molar-refractivity contribution in [2.75, 3.05) is 44.2 Å². The fourth-order valence-corrected chi connectivity index (χ4v) is 3.45. The van der Waals surface area contributed by atoms with Crippen molar-refractivity contribution in [1.29, 1.82) is 0 Å². The van der Waals surface area contributed by atoms with Crippen molar-refractivity contribution in [2.24, 2.45) is 0 Å². The molecule has 2 heterocycles. The number of benzene rings is 1. The molecular weight excluding hydrogens is 274 g/mol. The lowest BCUT2D eigenvalue weighted by Crippen LogP contribution is -2.49. The number of nitrogens with zero attached hydrogens (tertiary/aromatic N) is 1. The Hall–Kier alpha value is -1.10. The van der Waals surface area contributed by atoms with Crippen molar-refractivity contribution in [3.63, 3.8) is 0 Å². The van der Waals surface area contributed by atoms with Gasteiger partial charge in [-0.2, -0.15) is 0 Å². The number of morpholine rings is 1. The van der Waals surface area contributed by atoms with Crippen LogP contribution in [0.25, 0.3) is 0 Å². The largest absolute Gasteiger partial charge is 0.374 e. The number of hydrogen-bond donors (Lipinski definition) is 2. The number of ether oxygens (including phenoxy) is 1. The van der Waals surface area contributed by atoms with Crippen molar-refractivity contribution in [1.82, 2.24) is 10.6 Å². The molecule has 3 rings (SSSR count). The molecule has 0 saturated carbocycles. The molecule has 2 N–H and O–H groups in total. The quantitative estimate of drug-likeness (QED) is 0.890. The van der Waals surface area contributed by atoms with Crippen LogP contribution in [0.15, 0.2) is 18.2 Å². The number of piperidine rings is 1. The van der Waals surface area contributed by atoms with Crippen LogP contribution < -0.4 is 15.5 Å². The van der Waals surface area contributed by atoms with E-state index in [0.29, 0.717) is 12.1 Å². The fraction of sp³-hybridized carbons (Fsp3) is 0.667. The summed E-state index contributed by atoms with van der Waals surface area (Å²) < 4.78 is 5.75. The van der Waals surface area contributed by atoms with Crippen LogP contribution in [-0.2, 0) is 4.74 Å². The first-order valence-electron chi connectivity index (χ1n) is 8.61. The van der Waals surface area contributed by atoms with Crippen molar-refractivity contribution in [3.05, 3.63) is 29.3 Å². The Morgan fingerprint density at radius 3 is 2.82 bits per heavy atom. The van der Waals surface area contributed by atoms with Gasteiger partial charge in [0.1, 0.15) is 0 Å². The molecule has 1 atom stereocenters. The monoisotopic (exact) mass is 303 g/mol. The number of hydrogen-bond acceptors (Lipinski definition) is 4. The zero-order valence-corrected chi connectivity index (χ0v) is 13.9. The fourth-order valence-electron chi connectivity index (χ4n) is 3.45. The molecule has 0 unspecified atom stereocenters. The van der Waals surface area contributed by atoms with E-state index in [1.165, 1.54) is 29.7 Å². The van der Waals surface area contributed by atoms with Crippen LogP contribution in [0.5, 0.6) is 0 Å². The Morgan fingerprint density at radius 2 is 2.09 bits per heavy atom. The minimum Gasteiger partial charge on any atom is -0.374 e. The smallest absolute Gasteiger partial charge is 0.0824 e. The molecule has 4 nitrogen and oxygen atoms in total. The number of rotatable bonds is 4. The summed E-state index contributed by atoms with van der Waals surface area (Å²) in [6, 6.07) is 7.27. The molecule has 1 aromatic carbocycles. The predicted octanol–water partition coefficient (Wildman–Crippen LogP) is 1.85. The molecule has 4 heteroatoms. The van der Waals surface area contributed by atoms with Gasteiger partial charge < -0.3 is 20.3 Å². The molecule has 2 aliphatic rings. The Kier molecular flexibility index (Phi) is 5.34. The first-order valence-corrected chi connectivity index (χ1v) is 8.61. The van der Waals surface area contributed by atoms with Gasteiger partial charge in [0.25, 0.3) is 0 Å². The molecule has 22 heavy (non-hydrogen) atoms. The third kappa shape index (κ3) is 3.80. The standard InChI is InChI=1S/C18H29N3O/c1-14-4-3-5-18(15(14)2)21-9-6-16(7-10-21)20-13-17-12-19-8-11-22-17/h3-5,16-17,19-20H,6-13H2,1-2H3/t17-/m1/s1. The van der Waals surface area contributed by atoms with Crippen molar-refractivity contribution < 1.29 is 4.74 Å². The van der Waals surface area contributed by atoms with Crippen LogP contribution in [0.4, 0.5) is 5.69 Å². The molecule has 0 bridgehead atoms. The second-order valence-corrected chi connectivity index (χ2v) is 6.59. The molecule has 0 spiro atoms. The number of nitrogens with one attached hydrogen (secondary N) is 2. The summed E-state index contributed by atoms with van der Waals surface area (Å²) in [5.74, 6) is 0. The van der Waals surface area contributed by atoms with Crippen LogP contribution in [0, 0.1) is 13.8 Å². The SMILES string of the molecule is Cc1cccc(N2CCC(NC[C@H]3CNCCO3)CC2)c1C. The first-order chi connectivity index (χ1) is 10.7. The minimum atomic E-state index is 0.339. The Morgan fingerprint density at radius 1 is 1.27 bits per heavy atom. The van der Waals surface area contributed by atoms with Crippen LogP contribution in [0.1, 0.15) is 24.0 Å². The van der Waals surface area contributed by atoms with Gasteiger partial charge in [-0.05, 0) is 43.9 Å². The van der Waals surface area contributed by atoms with E-state index >= 15 is 0 Å². The second kappa shape index (κ2) is 7.44. The minimum absolute atomic E-state index is 0.339. The first kappa shape index (κ1) is 15.8. The van der Waals surface area contributed by atoms with E-state index in [4.69, 9.17) is 4.74 Å². The van der Waals surface area contributed by atoms with Gasteiger partial charge in [-0.15, -0.1) is 0 Å². The third-order valence-corrected chi connectivity index (χ3v) is 5.05. The molecule has 122 valence electrons. The van der Waals surface area contributed by atoms with Gasteiger partial charge in [0.2, 0.25) is 0 Å². The van der Waals surface area contributed by atoms with Crippen LogP contribution in [0.3, 0.4) is 0 Å². The number of anilines is 1. The topological polar surface area (TPSA) is 36.5 Å². The van der Waals surface area contributed by atoms with E-state index in [0.717, 1.165) is 39.3 Å². The average Bonchev–Trinajstić information content (AvgIpc) is 2.57. The van der Waals surface area contributed by atoms with Crippen molar-refractivity contribution in [3.8, 4) is 0 Å². The summed E-state index contributed by atoms with van der Waals surface area (Å²) in [5.41, 5.74) is 4.23. The molecule has 0 aliphatic carbocycles. The van der Waals surface area contributed by atoms with E-state index in [-0.39, 0.29) is 0 Å². The van der Waals surface area contributed by atoms with E-state index in [1.54, 1.807) is 0 Å². The van der Waals surface area contributed by atoms with E-state index in [1.807, 2.05) is 0 Å². The highest BCUT2D eigenvalue weighted by Gasteiger charge is 2.22. The summed E-state index contributed by atoms with van der Waals surface area (Å²) >= 11 is 0. The molecule has 2 fully saturated rings. The molecule has 0 amide bonds. The van der Waals surface area contributed by atoms with Gasteiger partial charge >= 0.3 is 0 Å². The van der Waals surface area contributed by atoms with Crippen molar-refractivity contribution >= 4 is 5.69 Å². The summed E-state index contributed by atoms with van der Waals surface area (Å²) in [6.45, 7) is 10.5. The molecular formula is C18H29N3O. The highest BCUT2D eigenvalue weighted by atomic mass is 16.5. The zero-order valence-electron chi connectivity index (χ0n) is 13.9. The van der Waals surface area contributed by atoms with Gasteiger partial charge in [-0.3, -0.25) is 0 Å². The Bertz CT molecular complexity index is 477. The lowest BCUT2D eigenvalue weighted by atomic mass is 10.0. The average molecular weight is 303 g/mol. The molecule has 0 aromatic heterocycles. The van der Waals surface area contributed by atoms with E-state index in [9.17, 15) is 0 Å². The lowest BCUT2D eigenvalue weighted by molar-refractivity contribution is 0.0271. The number of aryl methyl sites for hydroxylation is 1. The Balaban J connectivity index is 1.47. The maximum Gasteiger partial charge on any atom is 0.0824 e.